The minimum absolute atomic E-state index is 0.268. The minimum Gasteiger partial charge on any atom is -0.452 e. The van der Waals surface area contributed by atoms with Crippen LogP contribution in [0, 0.1) is 5.82 Å². The molecule has 0 unspecified atom stereocenters. The Morgan fingerprint density at radius 2 is 1.68 bits per heavy atom. The number of nitrogens with one attached hydrogen (secondary N) is 1. The van der Waals surface area contributed by atoms with E-state index in [1.807, 2.05) is 0 Å². The van der Waals surface area contributed by atoms with Gasteiger partial charge < -0.3 is 10.1 Å². The van der Waals surface area contributed by atoms with Gasteiger partial charge >= 0.3 is 5.97 Å². The molecule has 0 aliphatic heterocycles. The molecule has 0 fully saturated rings. The number of para-hydroxylation sites is 1. The van der Waals surface area contributed by atoms with E-state index in [0.29, 0.717) is 32.9 Å². The van der Waals surface area contributed by atoms with E-state index in [-0.39, 0.29) is 11.4 Å². The first-order valence-corrected chi connectivity index (χ1v) is 9.76. The van der Waals surface area contributed by atoms with Gasteiger partial charge in [-0.15, -0.1) is 0 Å². The lowest BCUT2D eigenvalue weighted by atomic mass is 10.0. The number of benzene rings is 3. The number of anilines is 1. The van der Waals surface area contributed by atoms with Crippen LogP contribution in [0.4, 0.5) is 10.1 Å². The van der Waals surface area contributed by atoms with Crippen molar-refractivity contribution in [1.82, 2.24) is 4.98 Å². The van der Waals surface area contributed by atoms with E-state index in [2.05, 4.69) is 10.3 Å². The summed E-state index contributed by atoms with van der Waals surface area (Å²) in [6.07, 6.45) is 0. The quantitative estimate of drug-likeness (QED) is 0.422. The normalized spacial score (nSPS) is 10.6. The molecule has 154 valence electrons. The number of esters is 1. The SMILES string of the molecule is O=C(COC(=O)c1cc(-c2ccc(F)cc2)nc2ccccc12)Nc1ccc(Cl)cc1. The fourth-order valence-electron chi connectivity index (χ4n) is 3.05. The third-order valence-electron chi connectivity index (χ3n) is 4.54. The van der Waals surface area contributed by atoms with Crippen LogP contribution in [-0.2, 0) is 9.53 Å². The third-order valence-corrected chi connectivity index (χ3v) is 4.79. The molecule has 0 atom stereocenters. The van der Waals surface area contributed by atoms with Crippen molar-refractivity contribution in [3.8, 4) is 11.3 Å². The number of ether oxygens (including phenoxy) is 1. The van der Waals surface area contributed by atoms with Gasteiger partial charge in [-0.3, -0.25) is 4.79 Å². The van der Waals surface area contributed by atoms with E-state index in [1.54, 1.807) is 66.7 Å². The first-order chi connectivity index (χ1) is 15.0. The van der Waals surface area contributed by atoms with Gasteiger partial charge in [-0.05, 0) is 60.7 Å². The van der Waals surface area contributed by atoms with Crippen molar-refractivity contribution in [3.05, 3.63) is 95.3 Å². The summed E-state index contributed by atoms with van der Waals surface area (Å²) in [7, 11) is 0. The highest BCUT2D eigenvalue weighted by molar-refractivity contribution is 6.30. The number of carbonyl (C=O) groups excluding carboxylic acids is 2. The van der Waals surface area contributed by atoms with Gasteiger partial charge in [0, 0.05) is 21.7 Å². The second-order valence-corrected chi connectivity index (χ2v) is 7.15. The zero-order valence-corrected chi connectivity index (χ0v) is 16.9. The van der Waals surface area contributed by atoms with Gasteiger partial charge in [0.05, 0.1) is 16.8 Å². The molecule has 0 bridgehead atoms. The van der Waals surface area contributed by atoms with E-state index in [9.17, 15) is 14.0 Å². The Kier molecular flexibility index (Phi) is 5.91. The van der Waals surface area contributed by atoms with Crippen molar-refractivity contribution in [2.24, 2.45) is 0 Å². The zero-order valence-electron chi connectivity index (χ0n) is 16.1. The second kappa shape index (κ2) is 8.93. The summed E-state index contributed by atoms with van der Waals surface area (Å²) >= 11 is 5.83. The molecule has 0 aliphatic carbocycles. The Morgan fingerprint density at radius 1 is 0.968 bits per heavy atom. The highest BCUT2D eigenvalue weighted by Gasteiger charge is 2.16. The Hall–Kier alpha value is -3.77. The largest absolute Gasteiger partial charge is 0.452 e. The molecule has 31 heavy (non-hydrogen) atoms. The van der Waals surface area contributed by atoms with Gasteiger partial charge in [-0.25, -0.2) is 14.2 Å². The minimum atomic E-state index is -0.659. The van der Waals surface area contributed by atoms with Crippen LogP contribution in [0.1, 0.15) is 10.4 Å². The smallest absolute Gasteiger partial charge is 0.339 e. The monoisotopic (exact) mass is 434 g/mol. The average molecular weight is 435 g/mol. The number of nitrogens with zero attached hydrogens (tertiary/aromatic N) is 1. The number of rotatable bonds is 5. The summed E-state index contributed by atoms with van der Waals surface area (Å²) in [5, 5.41) is 3.77. The standard InChI is InChI=1S/C24H16ClFN2O3/c25-16-7-11-18(12-8-16)27-23(29)14-31-24(30)20-13-22(15-5-9-17(26)10-6-15)28-21-4-2-1-3-19(20)21/h1-13H,14H2,(H,27,29). The van der Waals surface area contributed by atoms with Crippen molar-refractivity contribution < 1.29 is 18.7 Å². The van der Waals surface area contributed by atoms with Crippen LogP contribution in [0.3, 0.4) is 0 Å². The van der Waals surface area contributed by atoms with Crippen molar-refractivity contribution in [2.75, 3.05) is 11.9 Å². The third kappa shape index (κ3) is 4.87. The summed E-state index contributed by atoms with van der Waals surface area (Å²) in [6, 6.07) is 21.1. The lowest BCUT2D eigenvalue weighted by molar-refractivity contribution is -0.119. The average Bonchev–Trinajstić information content (AvgIpc) is 2.79. The highest BCUT2D eigenvalue weighted by Crippen LogP contribution is 2.25. The zero-order chi connectivity index (χ0) is 21.8. The highest BCUT2D eigenvalue weighted by atomic mass is 35.5. The molecule has 7 heteroatoms. The van der Waals surface area contributed by atoms with Crippen LogP contribution in [-0.4, -0.2) is 23.5 Å². The molecule has 3 aromatic carbocycles. The predicted molar refractivity (Wildman–Crippen MR) is 118 cm³/mol. The maximum absolute atomic E-state index is 13.3. The number of halogens is 2. The molecule has 1 amide bonds. The Morgan fingerprint density at radius 3 is 2.42 bits per heavy atom. The van der Waals surface area contributed by atoms with Crippen LogP contribution in [0.5, 0.6) is 0 Å². The number of aromatic nitrogens is 1. The number of hydrogen-bond acceptors (Lipinski definition) is 4. The number of hydrogen-bond donors (Lipinski definition) is 1. The first-order valence-electron chi connectivity index (χ1n) is 9.38. The number of carbonyl (C=O) groups is 2. The maximum atomic E-state index is 13.3. The molecule has 1 aromatic heterocycles. The maximum Gasteiger partial charge on any atom is 0.339 e. The second-order valence-electron chi connectivity index (χ2n) is 6.71. The number of amides is 1. The summed E-state index contributed by atoms with van der Waals surface area (Å²) in [5.74, 6) is -1.50. The molecule has 0 aliphatic rings. The van der Waals surface area contributed by atoms with Gasteiger partial charge in [-0.1, -0.05) is 29.8 Å². The van der Waals surface area contributed by atoms with E-state index < -0.39 is 18.5 Å². The van der Waals surface area contributed by atoms with Crippen LogP contribution in [0.15, 0.2) is 78.9 Å². The van der Waals surface area contributed by atoms with Gasteiger partial charge in [-0.2, -0.15) is 0 Å². The molecule has 1 N–H and O–H groups in total. The fourth-order valence-corrected chi connectivity index (χ4v) is 3.18. The van der Waals surface area contributed by atoms with Crippen LogP contribution >= 0.6 is 11.6 Å². The topological polar surface area (TPSA) is 68.3 Å². The van der Waals surface area contributed by atoms with E-state index in [0.717, 1.165) is 0 Å². The Labute approximate surface area is 182 Å². The molecular formula is C24H16ClFN2O3. The van der Waals surface area contributed by atoms with Crippen molar-refractivity contribution >= 4 is 40.1 Å². The summed E-state index contributed by atoms with van der Waals surface area (Å²) in [6.45, 7) is -0.454. The summed E-state index contributed by atoms with van der Waals surface area (Å²) in [5.41, 5.74) is 2.54. The van der Waals surface area contributed by atoms with E-state index >= 15 is 0 Å². The Bertz CT molecular complexity index is 1260. The predicted octanol–water partition coefficient (Wildman–Crippen LogP) is 5.49. The molecule has 4 rings (SSSR count). The van der Waals surface area contributed by atoms with Gasteiger partial charge in [0.15, 0.2) is 6.61 Å². The lowest BCUT2D eigenvalue weighted by Crippen LogP contribution is -2.21. The molecule has 1 heterocycles. The molecule has 4 aromatic rings. The van der Waals surface area contributed by atoms with Gasteiger partial charge in [0.1, 0.15) is 5.82 Å². The fraction of sp³-hybridized carbons (Fsp3) is 0.0417. The van der Waals surface area contributed by atoms with Crippen molar-refractivity contribution in [3.63, 3.8) is 0 Å². The van der Waals surface area contributed by atoms with Gasteiger partial charge in [0.25, 0.3) is 5.91 Å². The summed E-state index contributed by atoms with van der Waals surface area (Å²) < 4.78 is 18.5. The molecular weight excluding hydrogens is 419 g/mol. The van der Waals surface area contributed by atoms with Gasteiger partial charge in [0.2, 0.25) is 0 Å². The molecule has 0 saturated heterocycles. The van der Waals surface area contributed by atoms with Crippen LogP contribution in [0.2, 0.25) is 5.02 Å². The molecule has 0 spiro atoms. The van der Waals surface area contributed by atoms with Crippen LogP contribution in [0.25, 0.3) is 22.2 Å². The number of fused-ring (bicyclic) bond motifs is 1. The Balaban J connectivity index is 1.55. The van der Waals surface area contributed by atoms with E-state index in [4.69, 9.17) is 16.3 Å². The van der Waals surface area contributed by atoms with Crippen molar-refractivity contribution in [2.45, 2.75) is 0 Å². The molecule has 0 radical (unpaired) electrons. The van der Waals surface area contributed by atoms with E-state index in [1.165, 1.54) is 12.1 Å². The lowest BCUT2D eigenvalue weighted by Gasteiger charge is -2.10. The van der Waals surface area contributed by atoms with Crippen LogP contribution < -0.4 is 5.32 Å². The summed E-state index contributed by atoms with van der Waals surface area (Å²) in [4.78, 5) is 29.5. The first kappa shape index (κ1) is 20.5. The molecule has 5 nitrogen and oxygen atoms in total. The number of pyridine rings is 1. The molecule has 0 saturated carbocycles. The van der Waals surface area contributed by atoms with Crippen molar-refractivity contribution in [1.29, 1.82) is 0 Å².